The van der Waals surface area contributed by atoms with E-state index in [-0.39, 0.29) is 11.9 Å². The molecular weight excluding hydrogens is 212 g/mol. The number of rotatable bonds is 2. The summed E-state index contributed by atoms with van der Waals surface area (Å²) < 4.78 is 1.60. The predicted molar refractivity (Wildman–Crippen MR) is 58.6 cm³/mol. The molecule has 1 aliphatic rings. The van der Waals surface area contributed by atoms with Gasteiger partial charge in [-0.3, -0.25) is 4.79 Å². The zero-order valence-corrected chi connectivity index (χ0v) is 9.48. The molecule has 0 saturated carbocycles. The lowest BCUT2D eigenvalue weighted by Gasteiger charge is -2.28. The normalized spacial score (nSPS) is 18.9. The van der Waals surface area contributed by atoms with Crippen molar-refractivity contribution in [3.63, 3.8) is 0 Å². The molecule has 1 amide bonds. The second kappa shape index (κ2) is 4.65. The number of hydrogen-bond acceptors (Lipinski definition) is 4. The van der Waals surface area contributed by atoms with Crippen molar-refractivity contribution in [2.45, 2.75) is 13.0 Å². The summed E-state index contributed by atoms with van der Waals surface area (Å²) in [6.45, 7) is 3.56. The van der Waals surface area contributed by atoms with E-state index in [0.717, 1.165) is 24.6 Å². The first-order chi connectivity index (χ1) is 7.29. The number of hydrogen-bond donors (Lipinski definition) is 0. The highest BCUT2D eigenvalue weighted by Crippen LogP contribution is 2.14. The van der Waals surface area contributed by atoms with E-state index >= 15 is 0 Å². The van der Waals surface area contributed by atoms with Crippen molar-refractivity contribution in [2.24, 2.45) is 0 Å². The van der Waals surface area contributed by atoms with Gasteiger partial charge in [-0.1, -0.05) is 0 Å². The van der Waals surface area contributed by atoms with Crippen LogP contribution in [0.1, 0.15) is 13.0 Å². The van der Waals surface area contributed by atoms with E-state index in [2.05, 4.69) is 10.1 Å². The van der Waals surface area contributed by atoms with Gasteiger partial charge in [0.2, 0.25) is 5.91 Å². The van der Waals surface area contributed by atoms with Gasteiger partial charge in [0.05, 0.1) is 0 Å². The third-order valence-electron chi connectivity index (χ3n) is 2.51. The molecular formula is C9H14N4OS. The number of amides is 1. The zero-order chi connectivity index (χ0) is 10.7. The lowest BCUT2D eigenvalue weighted by atomic mass is 10.3. The highest BCUT2D eigenvalue weighted by Gasteiger charge is 2.23. The molecule has 1 saturated heterocycles. The van der Waals surface area contributed by atoms with E-state index < -0.39 is 0 Å². The molecule has 1 atom stereocenters. The summed E-state index contributed by atoms with van der Waals surface area (Å²) in [5.74, 6) is 2.21. The first-order valence-corrected chi connectivity index (χ1v) is 6.15. The van der Waals surface area contributed by atoms with Gasteiger partial charge in [0, 0.05) is 24.6 Å². The summed E-state index contributed by atoms with van der Waals surface area (Å²) in [5, 5.41) is 3.98. The molecule has 0 radical (unpaired) electrons. The van der Waals surface area contributed by atoms with Crippen LogP contribution in [-0.4, -0.2) is 50.2 Å². The number of thioether (sulfide) groups is 1. The molecule has 1 aliphatic heterocycles. The third kappa shape index (κ3) is 2.31. The summed E-state index contributed by atoms with van der Waals surface area (Å²) in [7, 11) is 0. The van der Waals surface area contributed by atoms with Crippen LogP contribution in [0.15, 0.2) is 12.7 Å². The molecule has 1 aromatic heterocycles. The number of carbonyl (C=O) groups excluding carboxylic acids is 1. The Morgan fingerprint density at radius 2 is 2.20 bits per heavy atom. The topological polar surface area (TPSA) is 51.0 Å². The van der Waals surface area contributed by atoms with E-state index in [4.69, 9.17) is 0 Å². The molecule has 0 N–H and O–H groups in total. The van der Waals surface area contributed by atoms with Crippen molar-refractivity contribution in [3.05, 3.63) is 12.7 Å². The Balaban J connectivity index is 2.00. The van der Waals surface area contributed by atoms with Crippen LogP contribution < -0.4 is 0 Å². The third-order valence-corrected chi connectivity index (χ3v) is 3.46. The molecule has 1 aromatic rings. The zero-order valence-electron chi connectivity index (χ0n) is 8.67. The monoisotopic (exact) mass is 226 g/mol. The van der Waals surface area contributed by atoms with Gasteiger partial charge in [0.25, 0.3) is 0 Å². The van der Waals surface area contributed by atoms with Gasteiger partial charge in [-0.05, 0) is 6.92 Å². The quantitative estimate of drug-likeness (QED) is 0.733. The lowest BCUT2D eigenvalue weighted by molar-refractivity contribution is -0.134. The van der Waals surface area contributed by atoms with Crippen molar-refractivity contribution >= 4 is 17.7 Å². The molecule has 0 bridgehead atoms. The molecule has 1 fully saturated rings. The second-order valence-corrected chi connectivity index (χ2v) is 4.71. The Morgan fingerprint density at radius 3 is 2.80 bits per heavy atom. The van der Waals surface area contributed by atoms with E-state index in [9.17, 15) is 4.79 Å². The van der Waals surface area contributed by atoms with Crippen molar-refractivity contribution < 1.29 is 4.79 Å². The Labute approximate surface area is 92.9 Å². The first kappa shape index (κ1) is 10.5. The van der Waals surface area contributed by atoms with Crippen LogP contribution >= 0.6 is 11.8 Å². The minimum absolute atomic E-state index is 0.140. The maximum absolute atomic E-state index is 12.0. The molecule has 5 nitrogen and oxygen atoms in total. The Morgan fingerprint density at radius 1 is 1.47 bits per heavy atom. The van der Waals surface area contributed by atoms with E-state index in [0.29, 0.717) is 0 Å². The summed E-state index contributed by atoms with van der Waals surface area (Å²) in [4.78, 5) is 17.8. The molecule has 6 heteroatoms. The Bertz CT molecular complexity index is 321. The van der Waals surface area contributed by atoms with Crippen LogP contribution in [0.4, 0.5) is 0 Å². The minimum Gasteiger partial charge on any atom is -0.339 e. The highest BCUT2D eigenvalue weighted by molar-refractivity contribution is 7.99. The van der Waals surface area contributed by atoms with Crippen LogP contribution in [0.5, 0.6) is 0 Å². The molecule has 0 aromatic carbocycles. The Hall–Kier alpha value is -1.04. The summed E-state index contributed by atoms with van der Waals surface area (Å²) >= 11 is 1.90. The molecule has 1 unspecified atom stereocenters. The van der Waals surface area contributed by atoms with Crippen molar-refractivity contribution in [1.29, 1.82) is 0 Å². The fourth-order valence-corrected chi connectivity index (χ4v) is 2.48. The van der Waals surface area contributed by atoms with Gasteiger partial charge >= 0.3 is 0 Å². The van der Waals surface area contributed by atoms with Crippen molar-refractivity contribution in [3.8, 4) is 0 Å². The maximum atomic E-state index is 12.0. The highest BCUT2D eigenvalue weighted by atomic mass is 32.2. The van der Waals surface area contributed by atoms with Gasteiger partial charge in [-0.25, -0.2) is 9.67 Å². The van der Waals surface area contributed by atoms with Crippen molar-refractivity contribution in [1.82, 2.24) is 19.7 Å². The SMILES string of the molecule is CC(C(=O)N1CCSCC1)n1cncn1. The summed E-state index contributed by atoms with van der Waals surface area (Å²) in [6, 6.07) is -0.240. The predicted octanol–water partition coefficient (Wildman–Crippen LogP) is 0.415. The average molecular weight is 226 g/mol. The minimum atomic E-state index is -0.240. The lowest BCUT2D eigenvalue weighted by Crippen LogP contribution is -2.41. The molecule has 2 heterocycles. The fraction of sp³-hybridized carbons (Fsp3) is 0.667. The molecule has 0 spiro atoms. The van der Waals surface area contributed by atoms with Gasteiger partial charge in [0.1, 0.15) is 18.7 Å². The summed E-state index contributed by atoms with van der Waals surface area (Å²) in [5.41, 5.74) is 0. The molecule has 0 aliphatic carbocycles. The molecule has 15 heavy (non-hydrogen) atoms. The largest absolute Gasteiger partial charge is 0.339 e. The average Bonchev–Trinajstić information content (AvgIpc) is 2.82. The molecule has 82 valence electrons. The van der Waals surface area contributed by atoms with Gasteiger partial charge in [0.15, 0.2) is 0 Å². The smallest absolute Gasteiger partial charge is 0.247 e. The van der Waals surface area contributed by atoms with Crippen LogP contribution in [0.3, 0.4) is 0 Å². The van der Waals surface area contributed by atoms with Gasteiger partial charge in [-0.15, -0.1) is 0 Å². The number of aromatic nitrogens is 3. The Kier molecular flexibility index (Phi) is 3.25. The van der Waals surface area contributed by atoms with Crippen LogP contribution in [0.2, 0.25) is 0 Å². The van der Waals surface area contributed by atoms with Crippen molar-refractivity contribution in [2.75, 3.05) is 24.6 Å². The maximum Gasteiger partial charge on any atom is 0.247 e. The number of carbonyl (C=O) groups is 1. The van der Waals surface area contributed by atoms with E-state index in [1.165, 1.54) is 6.33 Å². The van der Waals surface area contributed by atoms with Crippen LogP contribution in [0.25, 0.3) is 0 Å². The van der Waals surface area contributed by atoms with E-state index in [1.807, 2.05) is 23.6 Å². The van der Waals surface area contributed by atoms with Gasteiger partial charge < -0.3 is 4.90 Å². The first-order valence-electron chi connectivity index (χ1n) is 4.99. The standard InChI is InChI=1S/C9H14N4OS/c1-8(13-7-10-6-11-13)9(14)12-2-4-15-5-3-12/h6-8H,2-5H2,1H3. The second-order valence-electron chi connectivity index (χ2n) is 3.49. The fourth-order valence-electron chi connectivity index (χ4n) is 1.58. The van der Waals surface area contributed by atoms with Gasteiger partial charge in [-0.2, -0.15) is 16.9 Å². The molecule has 2 rings (SSSR count). The number of nitrogens with zero attached hydrogens (tertiary/aromatic N) is 4. The van der Waals surface area contributed by atoms with Crippen LogP contribution in [0, 0.1) is 0 Å². The van der Waals surface area contributed by atoms with E-state index in [1.54, 1.807) is 11.0 Å². The summed E-state index contributed by atoms with van der Waals surface area (Å²) in [6.07, 6.45) is 3.04. The van der Waals surface area contributed by atoms with Crippen LogP contribution in [-0.2, 0) is 4.79 Å².